The molecular formula is C8H4F2INS. The smallest absolute Gasteiger partial charge is 0.151 e. The van der Waals surface area contributed by atoms with Crippen LogP contribution in [0, 0.1) is 11.6 Å². The molecule has 1 aromatic carbocycles. The fraction of sp³-hybridized carbons (Fsp3) is 0. The topological polar surface area (TPSA) is 4.93 Å². The molecule has 0 amide bonds. The Balaban J connectivity index is 2.82. The second-order valence-electron chi connectivity index (χ2n) is 2.54. The lowest BCUT2D eigenvalue weighted by atomic mass is 10.2. The number of halogens is 3. The minimum absolute atomic E-state index is 0.431. The molecule has 0 atom stereocenters. The molecule has 0 aliphatic heterocycles. The summed E-state index contributed by atoms with van der Waals surface area (Å²) in [6.45, 7) is 0. The highest BCUT2D eigenvalue weighted by molar-refractivity contribution is 14.2. The molecule has 0 spiro atoms. The van der Waals surface area contributed by atoms with Crippen molar-refractivity contribution >= 4 is 41.2 Å². The zero-order valence-electron chi connectivity index (χ0n) is 6.30. The van der Waals surface area contributed by atoms with Crippen molar-refractivity contribution in [3.63, 3.8) is 0 Å². The van der Waals surface area contributed by atoms with E-state index in [4.69, 9.17) is 0 Å². The Hall–Kier alpha value is -0.300. The molecule has 2 rings (SSSR count). The highest BCUT2D eigenvalue weighted by Gasteiger charge is 2.08. The summed E-state index contributed by atoms with van der Waals surface area (Å²) < 4.78 is 27.7. The van der Waals surface area contributed by atoms with Crippen LogP contribution in [-0.4, -0.2) is 3.97 Å². The highest BCUT2D eigenvalue weighted by atomic mass is 127. The van der Waals surface area contributed by atoms with Crippen LogP contribution < -0.4 is 0 Å². The fourth-order valence-electron chi connectivity index (χ4n) is 1.23. The average molecular weight is 311 g/mol. The Labute approximate surface area is 89.8 Å². The third-order valence-corrected chi connectivity index (χ3v) is 3.47. The van der Waals surface area contributed by atoms with E-state index in [0.29, 0.717) is 10.9 Å². The van der Waals surface area contributed by atoms with E-state index in [9.17, 15) is 8.78 Å². The van der Waals surface area contributed by atoms with E-state index in [1.165, 1.54) is 15.2 Å². The van der Waals surface area contributed by atoms with Crippen molar-refractivity contribution in [2.75, 3.05) is 0 Å². The first-order valence-electron chi connectivity index (χ1n) is 3.47. The normalized spacial score (nSPS) is 11.0. The molecule has 0 aliphatic carbocycles. The number of nitrogens with zero attached hydrogens (tertiary/aromatic N) is 1. The second kappa shape index (κ2) is 3.45. The van der Waals surface area contributed by atoms with Crippen molar-refractivity contribution in [2.45, 2.75) is 0 Å². The van der Waals surface area contributed by atoms with E-state index in [2.05, 4.69) is 0 Å². The summed E-state index contributed by atoms with van der Waals surface area (Å²) in [5.74, 6) is -1.06. The first-order chi connectivity index (χ1) is 6.22. The third-order valence-electron chi connectivity index (χ3n) is 1.74. The molecule has 13 heavy (non-hydrogen) atoms. The van der Waals surface area contributed by atoms with Gasteiger partial charge in [-0.1, -0.05) is 0 Å². The zero-order chi connectivity index (χ0) is 9.42. The number of rotatable bonds is 1. The molecule has 0 saturated heterocycles. The van der Waals surface area contributed by atoms with Crippen LogP contribution >= 0.6 is 30.3 Å². The summed E-state index contributed by atoms with van der Waals surface area (Å²) in [5, 5.41) is 0.585. The molecule has 1 heterocycles. The monoisotopic (exact) mass is 311 g/mol. The van der Waals surface area contributed by atoms with E-state index in [1.807, 2.05) is 21.2 Å². The van der Waals surface area contributed by atoms with Crippen LogP contribution in [0.3, 0.4) is 0 Å². The molecule has 0 saturated carbocycles. The molecule has 0 bridgehead atoms. The quantitative estimate of drug-likeness (QED) is 0.726. The predicted molar refractivity (Wildman–Crippen MR) is 58.9 cm³/mol. The number of aromatic nitrogens is 1. The van der Waals surface area contributed by atoms with Gasteiger partial charge in [0.05, 0.1) is 5.52 Å². The van der Waals surface area contributed by atoms with Crippen molar-refractivity contribution in [2.24, 2.45) is 0 Å². The maximum Gasteiger partial charge on any atom is 0.151 e. The van der Waals surface area contributed by atoms with Gasteiger partial charge in [-0.3, -0.25) is 3.97 Å². The van der Waals surface area contributed by atoms with Crippen LogP contribution in [0.25, 0.3) is 10.9 Å². The van der Waals surface area contributed by atoms with Gasteiger partial charge >= 0.3 is 0 Å². The maximum atomic E-state index is 13.3. The SMILES string of the molecule is Fc1cc(F)c2c(ccn2SI)c1. The van der Waals surface area contributed by atoms with Gasteiger partial charge in [0, 0.05) is 48.0 Å². The van der Waals surface area contributed by atoms with Crippen molar-refractivity contribution in [1.82, 2.24) is 3.97 Å². The van der Waals surface area contributed by atoms with Gasteiger partial charge in [0.15, 0.2) is 5.82 Å². The van der Waals surface area contributed by atoms with Crippen LogP contribution in [0.1, 0.15) is 0 Å². The van der Waals surface area contributed by atoms with E-state index < -0.39 is 11.6 Å². The molecule has 1 aromatic heterocycles. The summed E-state index contributed by atoms with van der Waals surface area (Å²) in [6.07, 6.45) is 1.71. The van der Waals surface area contributed by atoms with Crippen molar-refractivity contribution in [3.8, 4) is 0 Å². The molecule has 0 radical (unpaired) electrons. The molecule has 0 N–H and O–H groups in total. The summed E-state index contributed by atoms with van der Waals surface area (Å²) in [4.78, 5) is 0. The van der Waals surface area contributed by atoms with Gasteiger partial charge in [-0.25, -0.2) is 8.78 Å². The number of hydrogen-bond donors (Lipinski definition) is 0. The molecule has 0 aliphatic rings. The summed E-state index contributed by atoms with van der Waals surface area (Å²) in [7, 11) is 1.35. The largest absolute Gasteiger partial charge is 0.280 e. The lowest BCUT2D eigenvalue weighted by Crippen LogP contribution is -1.86. The molecular weight excluding hydrogens is 307 g/mol. The maximum absolute atomic E-state index is 13.3. The Morgan fingerprint density at radius 2 is 2.08 bits per heavy atom. The first kappa shape index (κ1) is 9.26. The summed E-state index contributed by atoms with van der Waals surface area (Å²) >= 11 is 2.04. The van der Waals surface area contributed by atoms with Crippen LogP contribution in [-0.2, 0) is 0 Å². The molecule has 0 fully saturated rings. The minimum Gasteiger partial charge on any atom is -0.280 e. The van der Waals surface area contributed by atoms with Gasteiger partial charge in [0.1, 0.15) is 5.82 Å². The Morgan fingerprint density at radius 1 is 1.31 bits per heavy atom. The van der Waals surface area contributed by atoms with Crippen LogP contribution in [0.2, 0.25) is 0 Å². The molecule has 2 aromatic rings. The Morgan fingerprint density at radius 3 is 2.77 bits per heavy atom. The minimum atomic E-state index is -0.541. The Kier molecular flexibility index (Phi) is 2.46. The van der Waals surface area contributed by atoms with Crippen LogP contribution in [0.15, 0.2) is 24.4 Å². The molecule has 1 nitrogen and oxygen atoms in total. The summed E-state index contributed by atoms with van der Waals surface area (Å²) in [6, 6.07) is 3.90. The van der Waals surface area contributed by atoms with E-state index in [0.717, 1.165) is 6.07 Å². The standard InChI is InChI=1S/C8H4F2INS/c9-6-3-5-1-2-12(13-11)8(5)7(10)4-6/h1-4H. The predicted octanol–water partition coefficient (Wildman–Crippen LogP) is 3.77. The van der Waals surface area contributed by atoms with Crippen LogP contribution in [0.4, 0.5) is 8.78 Å². The van der Waals surface area contributed by atoms with Gasteiger partial charge < -0.3 is 0 Å². The fourth-order valence-corrected chi connectivity index (χ4v) is 2.58. The number of hydrogen-bond acceptors (Lipinski definition) is 1. The Bertz CT molecular complexity index is 455. The van der Waals surface area contributed by atoms with E-state index in [-0.39, 0.29) is 0 Å². The third kappa shape index (κ3) is 1.54. The van der Waals surface area contributed by atoms with Crippen molar-refractivity contribution < 1.29 is 8.78 Å². The highest BCUT2D eigenvalue weighted by Crippen LogP contribution is 2.27. The summed E-state index contributed by atoms with van der Waals surface area (Å²) in [5.41, 5.74) is 0.431. The number of fused-ring (bicyclic) bond motifs is 1. The lowest BCUT2D eigenvalue weighted by Gasteiger charge is -1.99. The first-order valence-corrected chi connectivity index (χ1v) is 6.79. The zero-order valence-corrected chi connectivity index (χ0v) is 9.27. The van der Waals surface area contributed by atoms with Gasteiger partial charge in [-0.05, 0) is 12.1 Å². The molecule has 5 heteroatoms. The van der Waals surface area contributed by atoms with Crippen molar-refractivity contribution in [3.05, 3.63) is 36.0 Å². The molecule has 0 unspecified atom stereocenters. The van der Waals surface area contributed by atoms with Crippen LogP contribution in [0.5, 0.6) is 0 Å². The van der Waals surface area contributed by atoms with Gasteiger partial charge in [0.25, 0.3) is 0 Å². The molecule has 68 valence electrons. The average Bonchev–Trinajstić information content (AvgIpc) is 2.47. The van der Waals surface area contributed by atoms with E-state index in [1.54, 1.807) is 16.2 Å². The van der Waals surface area contributed by atoms with Crippen molar-refractivity contribution in [1.29, 1.82) is 0 Å². The number of benzene rings is 1. The van der Waals surface area contributed by atoms with E-state index >= 15 is 0 Å². The lowest BCUT2D eigenvalue weighted by molar-refractivity contribution is 0.590. The van der Waals surface area contributed by atoms with Gasteiger partial charge in [-0.2, -0.15) is 0 Å². The second-order valence-corrected chi connectivity index (χ2v) is 4.25. The van der Waals surface area contributed by atoms with Gasteiger partial charge in [-0.15, -0.1) is 0 Å². The van der Waals surface area contributed by atoms with Gasteiger partial charge in [0.2, 0.25) is 0 Å².